The van der Waals surface area contributed by atoms with Crippen LogP contribution < -0.4 is 0 Å². The van der Waals surface area contributed by atoms with Crippen molar-refractivity contribution < 1.29 is 4.79 Å². The highest BCUT2D eigenvalue weighted by atomic mass is 79.9. The standard InChI is InChI=1S/C13H11BrO/c1-2-9-3-4-10-5-6-13(14)12(8-15)11(10)7-9/h3-8H,2H2,1H3. The molecule has 2 aromatic rings. The molecule has 0 aromatic heterocycles. The molecule has 0 aliphatic rings. The van der Waals surface area contributed by atoms with Crippen LogP contribution in [0.5, 0.6) is 0 Å². The summed E-state index contributed by atoms with van der Waals surface area (Å²) in [4.78, 5) is 11.0. The van der Waals surface area contributed by atoms with E-state index in [4.69, 9.17) is 0 Å². The van der Waals surface area contributed by atoms with E-state index >= 15 is 0 Å². The van der Waals surface area contributed by atoms with Crippen molar-refractivity contribution >= 4 is 33.0 Å². The van der Waals surface area contributed by atoms with Gasteiger partial charge >= 0.3 is 0 Å². The fourth-order valence-electron chi connectivity index (χ4n) is 1.70. The largest absolute Gasteiger partial charge is 0.298 e. The number of carbonyl (C=O) groups excluding carboxylic acids is 1. The first-order chi connectivity index (χ1) is 7.26. The van der Waals surface area contributed by atoms with Crippen LogP contribution in [0.25, 0.3) is 10.8 Å². The Morgan fingerprint density at radius 3 is 2.67 bits per heavy atom. The van der Waals surface area contributed by atoms with E-state index in [1.54, 1.807) is 0 Å². The third kappa shape index (κ3) is 1.82. The Labute approximate surface area is 97.2 Å². The van der Waals surface area contributed by atoms with E-state index in [2.05, 4.69) is 41.1 Å². The van der Waals surface area contributed by atoms with Gasteiger partial charge in [-0.1, -0.05) is 47.1 Å². The molecule has 0 atom stereocenters. The lowest BCUT2D eigenvalue weighted by Gasteiger charge is -2.05. The van der Waals surface area contributed by atoms with Crippen LogP contribution in [-0.4, -0.2) is 6.29 Å². The van der Waals surface area contributed by atoms with Gasteiger partial charge in [0.05, 0.1) is 0 Å². The van der Waals surface area contributed by atoms with Crippen LogP contribution in [0.3, 0.4) is 0 Å². The minimum absolute atomic E-state index is 0.739. The first-order valence-corrected chi connectivity index (χ1v) is 5.72. The molecule has 0 heterocycles. The number of aldehydes is 1. The third-order valence-corrected chi connectivity index (χ3v) is 3.29. The minimum Gasteiger partial charge on any atom is -0.298 e. The molecular weight excluding hydrogens is 252 g/mol. The summed E-state index contributed by atoms with van der Waals surface area (Å²) in [6.07, 6.45) is 1.90. The summed E-state index contributed by atoms with van der Waals surface area (Å²) >= 11 is 3.39. The SMILES string of the molecule is CCc1ccc2ccc(Br)c(C=O)c2c1. The lowest BCUT2D eigenvalue weighted by atomic mass is 10.0. The quantitative estimate of drug-likeness (QED) is 0.749. The van der Waals surface area contributed by atoms with Crippen LogP contribution in [0.15, 0.2) is 34.8 Å². The van der Waals surface area contributed by atoms with Crippen molar-refractivity contribution in [3.8, 4) is 0 Å². The summed E-state index contributed by atoms with van der Waals surface area (Å²) in [5, 5.41) is 2.14. The van der Waals surface area contributed by atoms with Crippen LogP contribution >= 0.6 is 15.9 Å². The minimum atomic E-state index is 0.739. The van der Waals surface area contributed by atoms with E-state index in [9.17, 15) is 4.79 Å². The van der Waals surface area contributed by atoms with Crippen LogP contribution in [0.1, 0.15) is 22.8 Å². The second-order valence-electron chi connectivity index (χ2n) is 3.49. The molecule has 0 aliphatic carbocycles. The molecule has 76 valence electrons. The van der Waals surface area contributed by atoms with Gasteiger partial charge < -0.3 is 0 Å². The van der Waals surface area contributed by atoms with Crippen molar-refractivity contribution in [2.75, 3.05) is 0 Å². The Bertz CT molecular complexity index is 517. The highest BCUT2D eigenvalue weighted by molar-refractivity contribution is 9.10. The van der Waals surface area contributed by atoms with Gasteiger partial charge in [-0.2, -0.15) is 0 Å². The maximum Gasteiger partial charge on any atom is 0.151 e. The number of hydrogen-bond acceptors (Lipinski definition) is 1. The predicted octanol–water partition coefficient (Wildman–Crippen LogP) is 3.98. The van der Waals surface area contributed by atoms with Gasteiger partial charge in [-0.3, -0.25) is 4.79 Å². The smallest absolute Gasteiger partial charge is 0.151 e. The van der Waals surface area contributed by atoms with Gasteiger partial charge in [0.1, 0.15) is 0 Å². The fraction of sp³-hybridized carbons (Fsp3) is 0.154. The molecule has 1 nitrogen and oxygen atoms in total. The third-order valence-electron chi connectivity index (χ3n) is 2.60. The molecule has 0 spiro atoms. The lowest BCUT2D eigenvalue weighted by Crippen LogP contribution is -1.88. The van der Waals surface area contributed by atoms with Gasteiger partial charge in [0.2, 0.25) is 0 Å². The second-order valence-corrected chi connectivity index (χ2v) is 4.34. The molecule has 0 bridgehead atoms. The van der Waals surface area contributed by atoms with E-state index in [-0.39, 0.29) is 0 Å². The zero-order valence-corrected chi connectivity index (χ0v) is 10.0. The topological polar surface area (TPSA) is 17.1 Å². The van der Waals surface area contributed by atoms with E-state index in [0.29, 0.717) is 0 Å². The van der Waals surface area contributed by atoms with Gasteiger partial charge in [-0.15, -0.1) is 0 Å². The van der Waals surface area contributed by atoms with Gasteiger partial charge in [0, 0.05) is 10.0 Å². The number of benzene rings is 2. The molecule has 0 radical (unpaired) electrons. The van der Waals surface area contributed by atoms with Gasteiger partial charge in [0.25, 0.3) is 0 Å². The van der Waals surface area contributed by atoms with Crippen molar-refractivity contribution in [2.45, 2.75) is 13.3 Å². The average molecular weight is 263 g/mol. The van der Waals surface area contributed by atoms with Crippen LogP contribution in [-0.2, 0) is 6.42 Å². The molecule has 2 rings (SSSR count). The Balaban J connectivity index is 2.81. The monoisotopic (exact) mass is 262 g/mol. The van der Waals surface area contributed by atoms with Crippen molar-refractivity contribution in [3.05, 3.63) is 45.9 Å². The Morgan fingerprint density at radius 2 is 2.00 bits per heavy atom. The molecule has 0 amide bonds. The first kappa shape index (κ1) is 10.4. The van der Waals surface area contributed by atoms with Gasteiger partial charge in [-0.05, 0) is 28.8 Å². The maximum absolute atomic E-state index is 11.0. The average Bonchev–Trinajstić information content (AvgIpc) is 2.28. The summed E-state index contributed by atoms with van der Waals surface area (Å²) in [6.45, 7) is 2.11. The normalized spacial score (nSPS) is 10.5. The van der Waals surface area contributed by atoms with Crippen LogP contribution in [0.2, 0.25) is 0 Å². The van der Waals surface area contributed by atoms with E-state index < -0.39 is 0 Å². The summed E-state index contributed by atoms with van der Waals surface area (Å²) in [5.41, 5.74) is 1.99. The number of hydrogen-bond donors (Lipinski definition) is 0. The summed E-state index contributed by atoms with van der Waals surface area (Å²) in [6, 6.07) is 10.2. The molecule has 0 N–H and O–H groups in total. The molecular formula is C13H11BrO. The molecule has 0 aliphatic heterocycles. The molecule has 0 saturated carbocycles. The Hall–Kier alpha value is -1.15. The second kappa shape index (κ2) is 4.15. The molecule has 15 heavy (non-hydrogen) atoms. The molecule has 2 heteroatoms. The fourth-order valence-corrected chi connectivity index (χ4v) is 2.14. The van der Waals surface area contributed by atoms with Crippen LogP contribution in [0, 0.1) is 0 Å². The van der Waals surface area contributed by atoms with Crippen LogP contribution in [0.4, 0.5) is 0 Å². The van der Waals surface area contributed by atoms with E-state index in [1.807, 2.05) is 12.1 Å². The van der Waals surface area contributed by atoms with Crippen molar-refractivity contribution in [1.29, 1.82) is 0 Å². The lowest BCUT2D eigenvalue weighted by molar-refractivity contribution is 0.112. The van der Waals surface area contributed by atoms with Crippen molar-refractivity contribution in [2.24, 2.45) is 0 Å². The highest BCUT2D eigenvalue weighted by Crippen LogP contribution is 2.26. The summed E-state index contributed by atoms with van der Waals surface area (Å²) < 4.78 is 0.859. The van der Waals surface area contributed by atoms with E-state index in [1.165, 1.54) is 5.56 Å². The molecule has 0 unspecified atom stereocenters. The molecule has 2 aromatic carbocycles. The highest BCUT2D eigenvalue weighted by Gasteiger charge is 2.05. The number of halogens is 1. The number of fused-ring (bicyclic) bond motifs is 1. The first-order valence-electron chi connectivity index (χ1n) is 4.92. The molecule has 0 saturated heterocycles. The van der Waals surface area contributed by atoms with Crippen molar-refractivity contribution in [1.82, 2.24) is 0 Å². The van der Waals surface area contributed by atoms with Gasteiger partial charge in [-0.25, -0.2) is 0 Å². The Morgan fingerprint density at radius 1 is 1.27 bits per heavy atom. The van der Waals surface area contributed by atoms with Gasteiger partial charge in [0.15, 0.2) is 6.29 Å². The number of carbonyl (C=O) groups is 1. The van der Waals surface area contributed by atoms with E-state index in [0.717, 1.165) is 33.5 Å². The van der Waals surface area contributed by atoms with Crippen molar-refractivity contribution in [3.63, 3.8) is 0 Å². The predicted molar refractivity (Wildman–Crippen MR) is 66.4 cm³/mol. The summed E-state index contributed by atoms with van der Waals surface area (Å²) in [7, 11) is 0. The maximum atomic E-state index is 11.0. The Kier molecular flexibility index (Phi) is 2.87. The molecule has 0 fully saturated rings. The summed E-state index contributed by atoms with van der Waals surface area (Å²) in [5.74, 6) is 0. The zero-order valence-electron chi connectivity index (χ0n) is 8.46. The number of rotatable bonds is 2. The number of aryl methyl sites for hydroxylation is 1. The zero-order chi connectivity index (χ0) is 10.8.